The molecule has 10 heteroatoms. The van der Waals surface area contributed by atoms with E-state index in [0.717, 1.165) is 31.9 Å². The summed E-state index contributed by atoms with van der Waals surface area (Å²) in [6.45, 7) is 1.83. The number of aryl methyl sites for hydroxylation is 1. The molecule has 146 valence electrons. The number of amides is 2. The molecule has 2 heterocycles. The summed E-state index contributed by atoms with van der Waals surface area (Å²) in [6, 6.07) is 7.58. The zero-order valence-electron chi connectivity index (χ0n) is 15.2. The number of thiazole rings is 2. The first-order valence-corrected chi connectivity index (χ1v) is 10.9. The maximum atomic E-state index is 12.2. The lowest BCUT2D eigenvalue weighted by molar-refractivity contribution is -0.117. The number of anilines is 1. The molecule has 0 aliphatic carbocycles. The zero-order chi connectivity index (χ0) is 20.1. The van der Waals surface area contributed by atoms with Crippen molar-refractivity contribution in [2.24, 2.45) is 5.73 Å². The van der Waals surface area contributed by atoms with E-state index in [1.807, 2.05) is 36.6 Å². The number of nitrogens with one attached hydrogen (secondary N) is 1. The van der Waals surface area contributed by atoms with E-state index in [1.54, 1.807) is 7.11 Å². The third-order valence-electron chi connectivity index (χ3n) is 3.67. The summed E-state index contributed by atoms with van der Waals surface area (Å²) in [5.41, 5.74) is 7.74. The van der Waals surface area contributed by atoms with E-state index in [4.69, 9.17) is 10.5 Å². The molecule has 0 aliphatic rings. The van der Waals surface area contributed by atoms with Crippen molar-refractivity contribution in [2.45, 2.75) is 17.7 Å². The molecule has 3 aromatic rings. The van der Waals surface area contributed by atoms with Gasteiger partial charge in [-0.05, 0) is 31.2 Å². The number of hydrogen-bond donors (Lipinski definition) is 2. The molecule has 1 aromatic carbocycles. The van der Waals surface area contributed by atoms with Crippen LogP contribution in [0.1, 0.15) is 10.6 Å². The minimum Gasteiger partial charge on any atom is -0.497 e. The highest BCUT2D eigenvalue weighted by atomic mass is 32.2. The molecule has 3 N–H and O–H groups in total. The fourth-order valence-corrected chi connectivity index (χ4v) is 5.07. The van der Waals surface area contributed by atoms with Gasteiger partial charge >= 0.3 is 0 Å². The number of rotatable bonds is 8. The van der Waals surface area contributed by atoms with Gasteiger partial charge in [-0.2, -0.15) is 0 Å². The maximum Gasteiger partial charge on any atom is 0.236 e. The third-order valence-corrected chi connectivity index (χ3v) is 6.73. The number of methoxy groups -OCH3 is 1. The van der Waals surface area contributed by atoms with Gasteiger partial charge in [-0.25, -0.2) is 9.97 Å². The van der Waals surface area contributed by atoms with Gasteiger partial charge in [0.25, 0.3) is 0 Å². The monoisotopic (exact) mass is 434 g/mol. The number of nitrogens with two attached hydrogens (primary N) is 1. The van der Waals surface area contributed by atoms with Crippen LogP contribution in [0.5, 0.6) is 5.75 Å². The predicted molar refractivity (Wildman–Crippen MR) is 113 cm³/mol. The van der Waals surface area contributed by atoms with Crippen LogP contribution in [0.3, 0.4) is 0 Å². The predicted octanol–water partition coefficient (Wildman–Crippen LogP) is 3.34. The Bertz CT molecular complexity index is 982. The first-order valence-electron chi connectivity index (χ1n) is 8.22. The number of carbonyl (C=O) groups excluding carboxylic acids is 2. The SMILES string of the molecule is COc1ccc(-c2csc(NC(=O)CSc3nc(C)c(CC(N)=O)s3)n2)cc1. The second-order valence-electron chi connectivity index (χ2n) is 5.73. The van der Waals surface area contributed by atoms with Crippen LogP contribution in [0.25, 0.3) is 11.3 Å². The fraction of sp³-hybridized carbons (Fsp3) is 0.222. The first kappa shape index (κ1) is 20.3. The number of benzene rings is 1. The average Bonchev–Trinajstić information content (AvgIpc) is 3.26. The van der Waals surface area contributed by atoms with E-state index in [0.29, 0.717) is 5.13 Å². The number of nitrogens with zero attached hydrogens (tertiary/aromatic N) is 2. The van der Waals surface area contributed by atoms with Crippen LogP contribution in [-0.2, 0) is 16.0 Å². The standard InChI is InChI=1S/C18H18N4O3S3/c1-10-14(7-15(19)23)28-18(20-10)27-9-16(24)22-17-21-13(8-26-17)11-3-5-12(25-2)6-4-11/h3-6,8H,7,9H2,1-2H3,(H2,19,23)(H,21,22,24). The Labute approximate surface area is 174 Å². The molecule has 0 saturated carbocycles. The Morgan fingerprint density at radius 2 is 2.00 bits per heavy atom. The molecule has 0 aliphatic heterocycles. The molecule has 2 aromatic heterocycles. The highest BCUT2D eigenvalue weighted by Crippen LogP contribution is 2.29. The molecule has 0 bridgehead atoms. The minimum absolute atomic E-state index is 0.162. The van der Waals surface area contributed by atoms with Crippen molar-refractivity contribution < 1.29 is 14.3 Å². The molecule has 3 rings (SSSR count). The Hall–Kier alpha value is -2.43. The number of carbonyl (C=O) groups is 2. The van der Waals surface area contributed by atoms with Gasteiger partial charge in [0.15, 0.2) is 9.47 Å². The second kappa shape index (κ2) is 9.18. The Balaban J connectivity index is 1.55. The number of primary amides is 1. The molecule has 2 amide bonds. The Morgan fingerprint density at radius 1 is 1.25 bits per heavy atom. The topological polar surface area (TPSA) is 107 Å². The third kappa shape index (κ3) is 5.31. The lowest BCUT2D eigenvalue weighted by atomic mass is 10.2. The van der Waals surface area contributed by atoms with Crippen LogP contribution >= 0.6 is 34.4 Å². The summed E-state index contributed by atoms with van der Waals surface area (Å²) in [4.78, 5) is 32.9. The normalized spacial score (nSPS) is 10.6. The van der Waals surface area contributed by atoms with Crippen molar-refractivity contribution in [2.75, 3.05) is 18.2 Å². The van der Waals surface area contributed by atoms with Gasteiger partial charge in [0.05, 0.1) is 30.7 Å². The van der Waals surface area contributed by atoms with E-state index < -0.39 is 5.91 Å². The van der Waals surface area contributed by atoms with Gasteiger partial charge in [-0.1, -0.05) is 11.8 Å². The van der Waals surface area contributed by atoms with Crippen LogP contribution in [-0.4, -0.2) is 34.6 Å². The summed E-state index contributed by atoms with van der Waals surface area (Å²) in [6.07, 6.45) is 0.170. The van der Waals surface area contributed by atoms with Gasteiger partial charge in [0.1, 0.15) is 5.75 Å². The van der Waals surface area contributed by atoms with E-state index in [2.05, 4.69) is 15.3 Å². The fourth-order valence-electron chi connectivity index (χ4n) is 2.29. The number of ether oxygens (including phenoxy) is 1. The first-order chi connectivity index (χ1) is 13.4. The number of hydrogen-bond acceptors (Lipinski definition) is 8. The van der Waals surface area contributed by atoms with Gasteiger partial charge in [0, 0.05) is 15.8 Å². The highest BCUT2D eigenvalue weighted by molar-refractivity contribution is 8.01. The van der Waals surface area contributed by atoms with Crippen molar-refractivity contribution in [3.05, 3.63) is 40.2 Å². The quantitative estimate of drug-likeness (QED) is 0.527. The number of aromatic nitrogens is 2. The summed E-state index contributed by atoms with van der Waals surface area (Å²) in [7, 11) is 1.62. The van der Waals surface area contributed by atoms with Crippen LogP contribution in [0.4, 0.5) is 5.13 Å². The van der Waals surface area contributed by atoms with Crippen LogP contribution < -0.4 is 15.8 Å². The van der Waals surface area contributed by atoms with Crippen molar-refractivity contribution in [3.63, 3.8) is 0 Å². The van der Waals surface area contributed by atoms with Gasteiger partial charge in [-0.15, -0.1) is 22.7 Å². The van der Waals surface area contributed by atoms with Crippen molar-refractivity contribution in [1.29, 1.82) is 0 Å². The number of thioether (sulfide) groups is 1. The summed E-state index contributed by atoms with van der Waals surface area (Å²) in [5.74, 6) is 0.434. The largest absolute Gasteiger partial charge is 0.497 e. The highest BCUT2D eigenvalue weighted by Gasteiger charge is 2.13. The van der Waals surface area contributed by atoms with Crippen LogP contribution in [0, 0.1) is 6.92 Å². The molecule has 0 spiro atoms. The second-order valence-corrected chi connectivity index (χ2v) is 8.90. The Kier molecular flexibility index (Phi) is 6.65. The van der Waals surface area contributed by atoms with E-state index >= 15 is 0 Å². The van der Waals surface area contributed by atoms with Gasteiger partial charge in [0.2, 0.25) is 11.8 Å². The van der Waals surface area contributed by atoms with Crippen molar-refractivity contribution >= 4 is 51.4 Å². The average molecular weight is 435 g/mol. The minimum atomic E-state index is -0.391. The molecule has 0 radical (unpaired) electrons. The van der Waals surface area contributed by atoms with Crippen LogP contribution in [0.15, 0.2) is 34.0 Å². The smallest absolute Gasteiger partial charge is 0.236 e. The van der Waals surface area contributed by atoms with Gasteiger partial charge < -0.3 is 15.8 Å². The van der Waals surface area contributed by atoms with E-state index in [1.165, 1.54) is 34.4 Å². The summed E-state index contributed by atoms with van der Waals surface area (Å²) < 4.78 is 5.89. The molecular formula is C18H18N4O3S3. The molecule has 0 unspecified atom stereocenters. The summed E-state index contributed by atoms with van der Waals surface area (Å²) >= 11 is 4.08. The molecule has 0 saturated heterocycles. The maximum absolute atomic E-state index is 12.2. The molecule has 28 heavy (non-hydrogen) atoms. The Morgan fingerprint density at radius 3 is 2.68 bits per heavy atom. The van der Waals surface area contributed by atoms with Gasteiger partial charge in [-0.3, -0.25) is 9.59 Å². The van der Waals surface area contributed by atoms with E-state index in [-0.39, 0.29) is 18.1 Å². The molecule has 0 atom stereocenters. The zero-order valence-corrected chi connectivity index (χ0v) is 17.7. The summed E-state index contributed by atoms with van der Waals surface area (Å²) in [5, 5.41) is 5.24. The van der Waals surface area contributed by atoms with E-state index in [9.17, 15) is 9.59 Å². The lowest BCUT2D eigenvalue weighted by Gasteiger charge is -2.01. The molecule has 7 nitrogen and oxygen atoms in total. The lowest BCUT2D eigenvalue weighted by Crippen LogP contribution is -2.13. The van der Waals surface area contributed by atoms with Crippen LogP contribution in [0.2, 0.25) is 0 Å². The van der Waals surface area contributed by atoms with Crippen molar-refractivity contribution in [3.8, 4) is 17.0 Å². The van der Waals surface area contributed by atoms with Crippen molar-refractivity contribution in [1.82, 2.24) is 9.97 Å². The molecule has 0 fully saturated rings. The molecular weight excluding hydrogens is 416 g/mol.